The number of rotatable bonds is 4. The highest BCUT2D eigenvalue weighted by molar-refractivity contribution is 6.28. The van der Waals surface area contributed by atoms with Crippen LogP contribution in [-0.4, -0.2) is 52.4 Å². The monoisotopic (exact) mass is 316 g/mol. The summed E-state index contributed by atoms with van der Waals surface area (Å²) in [5.74, 6) is 0.109. The molecule has 0 spiro atoms. The van der Waals surface area contributed by atoms with Crippen molar-refractivity contribution in [2.75, 3.05) is 31.7 Å². The Morgan fingerprint density at radius 1 is 1.48 bits per heavy atom. The maximum atomic E-state index is 11.2. The number of aliphatic hydroxyl groups is 1. The molecule has 0 unspecified atom stereocenters. The second kappa shape index (κ2) is 6.08. The summed E-state index contributed by atoms with van der Waals surface area (Å²) in [6, 6.07) is 0. The van der Waals surface area contributed by atoms with Crippen LogP contribution in [0.3, 0.4) is 0 Å². The molecule has 1 aromatic heterocycles. The van der Waals surface area contributed by atoms with Gasteiger partial charge >= 0.3 is 5.69 Å². The number of hydrogen-bond acceptors (Lipinski definition) is 7. The van der Waals surface area contributed by atoms with Crippen LogP contribution in [0.25, 0.3) is 0 Å². The van der Waals surface area contributed by atoms with Crippen molar-refractivity contribution in [3.63, 3.8) is 0 Å². The molecule has 0 atom stereocenters. The number of ether oxygens (including phenoxy) is 1. The van der Waals surface area contributed by atoms with Crippen LogP contribution in [0, 0.1) is 17.0 Å². The van der Waals surface area contributed by atoms with E-state index in [0.717, 1.165) is 0 Å². The average Bonchev–Trinajstić information content (AvgIpc) is 2.37. The average molecular weight is 317 g/mol. The zero-order chi connectivity index (χ0) is 15.6. The first-order valence-corrected chi connectivity index (χ1v) is 6.90. The van der Waals surface area contributed by atoms with Gasteiger partial charge in [-0.25, -0.2) is 4.98 Å². The maximum absolute atomic E-state index is 11.2. The molecule has 8 nitrogen and oxygen atoms in total. The molecule has 0 saturated carbocycles. The number of likely N-dealkylation sites (N-methyl/N-ethyl adjacent to an activating group) is 1. The molecule has 21 heavy (non-hydrogen) atoms. The van der Waals surface area contributed by atoms with Gasteiger partial charge in [-0.1, -0.05) is 0 Å². The van der Waals surface area contributed by atoms with E-state index in [0.29, 0.717) is 26.1 Å². The Kier molecular flexibility index (Phi) is 4.60. The van der Waals surface area contributed by atoms with E-state index in [9.17, 15) is 15.2 Å². The second-order valence-electron chi connectivity index (χ2n) is 5.20. The molecule has 1 N–H and O–H groups in total. The molecule has 0 bridgehead atoms. The second-order valence-corrected chi connectivity index (χ2v) is 5.54. The Hall–Kier alpha value is -1.51. The minimum Gasteiger partial charge on any atom is -0.388 e. The quantitative estimate of drug-likeness (QED) is 0.508. The minimum absolute atomic E-state index is 0.0566. The van der Waals surface area contributed by atoms with Gasteiger partial charge in [0.15, 0.2) is 0 Å². The van der Waals surface area contributed by atoms with Gasteiger partial charge in [-0.2, -0.15) is 4.98 Å². The third kappa shape index (κ3) is 3.58. The Morgan fingerprint density at radius 2 is 2.10 bits per heavy atom. The van der Waals surface area contributed by atoms with Crippen LogP contribution >= 0.6 is 11.6 Å². The molecule has 2 heterocycles. The van der Waals surface area contributed by atoms with Gasteiger partial charge in [0, 0.05) is 39.6 Å². The number of nitrogens with zero attached hydrogens (tertiary/aromatic N) is 4. The van der Waals surface area contributed by atoms with Gasteiger partial charge in [-0.05, 0) is 18.5 Å². The predicted octanol–water partition coefficient (Wildman–Crippen LogP) is 1.32. The first-order chi connectivity index (χ1) is 9.82. The summed E-state index contributed by atoms with van der Waals surface area (Å²) in [7, 11) is 1.64. The Balaban J connectivity index is 2.30. The smallest absolute Gasteiger partial charge is 0.332 e. The van der Waals surface area contributed by atoms with E-state index in [1.54, 1.807) is 11.9 Å². The van der Waals surface area contributed by atoms with Crippen molar-refractivity contribution in [1.82, 2.24) is 9.97 Å². The van der Waals surface area contributed by atoms with Gasteiger partial charge in [-0.3, -0.25) is 10.1 Å². The lowest BCUT2D eigenvalue weighted by molar-refractivity contribution is -0.385. The van der Waals surface area contributed by atoms with Crippen LogP contribution < -0.4 is 4.90 Å². The minimum atomic E-state index is -0.952. The third-order valence-electron chi connectivity index (χ3n) is 3.51. The van der Waals surface area contributed by atoms with Crippen LogP contribution in [0.1, 0.15) is 18.5 Å². The van der Waals surface area contributed by atoms with Gasteiger partial charge in [0.05, 0.1) is 10.5 Å². The van der Waals surface area contributed by atoms with E-state index >= 15 is 0 Å². The molecular formula is C12H17ClN4O4. The molecule has 0 aromatic carbocycles. The van der Waals surface area contributed by atoms with Crippen molar-refractivity contribution in [2.24, 2.45) is 0 Å². The summed E-state index contributed by atoms with van der Waals surface area (Å²) in [6.45, 7) is 2.65. The molecule has 0 radical (unpaired) electrons. The molecule has 1 aliphatic rings. The van der Waals surface area contributed by atoms with Crippen LogP contribution in [0.5, 0.6) is 0 Å². The van der Waals surface area contributed by atoms with E-state index in [2.05, 4.69) is 9.97 Å². The number of aromatic nitrogens is 2. The van der Waals surface area contributed by atoms with E-state index in [4.69, 9.17) is 16.3 Å². The number of anilines is 1. The molecule has 0 amide bonds. The number of aryl methyl sites for hydroxylation is 1. The number of halogens is 1. The Bertz CT molecular complexity index is 548. The van der Waals surface area contributed by atoms with E-state index < -0.39 is 10.5 Å². The van der Waals surface area contributed by atoms with E-state index in [1.807, 2.05) is 0 Å². The number of nitro groups is 1. The summed E-state index contributed by atoms with van der Waals surface area (Å²) < 4.78 is 5.22. The molecule has 116 valence electrons. The zero-order valence-corrected chi connectivity index (χ0v) is 12.6. The largest absolute Gasteiger partial charge is 0.388 e. The molecule has 1 fully saturated rings. The fourth-order valence-electron chi connectivity index (χ4n) is 2.42. The highest BCUT2D eigenvalue weighted by Crippen LogP contribution is 2.31. The van der Waals surface area contributed by atoms with Crippen LogP contribution in [-0.2, 0) is 4.74 Å². The van der Waals surface area contributed by atoms with Crippen molar-refractivity contribution >= 4 is 23.1 Å². The zero-order valence-electron chi connectivity index (χ0n) is 11.9. The first kappa shape index (κ1) is 15.9. The number of hydrogen-bond donors (Lipinski definition) is 1. The predicted molar refractivity (Wildman–Crippen MR) is 76.7 cm³/mol. The van der Waals surface area contributed by atoms with Crippen LogP contribution in [0.15, 0.2) is 0 Å². The van der Waals surface area contributed by atoms with Crippen molar-refractivity contribution in [3.05, 3.63) is 21.1 Å². The molecule has 1 aromatic rings. The summed E-state index contributed by atoms with van der Waals surface area (Å²) in [4.78, 5) is 20.0. The summed E-state index contributed by atoms with van der Waals surface area (Å²) in [5.41, 5.74) is -0.954. The van der Waals surface area contributed by atoms with Crippen molar-refractivity contribution in [2.45, 2.75) is 25.4 Å². The molecule has 9 heteroatoms. The fourth-order valence-corrected chi connectivity index (χ4v) is 2.63. The lowest BCUT2D eigenvalue weighted by atomic mass is 9.94. The normalized spacial score (nSPS) is 17.5. The fraction of sp³-hybridized carbons (Fsp3) is 0.667. The van der Waals surface area contributed by atoms with Gasteiger partial charge in [0.2, 0.25) is 11.1 Å². The highest BCUT2D eigenvalue weighted by atomic mass is 35.5. The summed E-state index contributed by atoms with van der Waals surface area (Å²) in [6.07, 6.45) is 0.950. The highest BCUT2D eigenvalue weighted by Gasteiger charge is 2.34. The lowest BCUT2D eigenvalue weighted by Gasteiger charge is -2.35. The van der Waals surface area contributed by atoms with Gasteiger partial charge in [-0.15, -0.1) is 0 Å². The van der Waals surface area contributed by atoms with Gasteiger partial charge in [0.1, 0.15) is 5.69 Å². The van der Waals surface area contributed by atoms with E-state index in [1.165, 1.54) is 6.92 Å². The topological polar surface area (TPSA) is 102 Å². The van der Waals surface area contributed by atoms with Crippen LogP contribution in [0.4, 0.5) is 11.5 Å². The van der Waals surface area contributed by atoms with Crippen molar-refractivity contribution in [1.29, 1.82) is 0 Å². The molecule has 0 aliphatic carbocycles. The maximum Gasteiger partial charge on any atom is 0.332 e. The molecule has 1 saturated heterocycles. The van der Waals surface area contributed by atoms with Crippen molar-refractivity contribution in [3.8, 4) is 0 Å². The van der Waals surface area contributed by atoms with E-state index in [-0.39, 0.29) is 29.0 Å². The summed E-state index contributed by atoms with van der Waals surface area (Å²) in [5, 5.41) is 21.7. The lowest BCUT2D eigenvalue weighted by Crippen LogP contribution is -2.46. The third-order valence-corrected chi connectivity index (χ3v) is 3.68. The molecule has 2 rings (SSSR count). The first-order valence-electron chi connectivity index (χ1n) is 6.52. The Morgan fingerprint density at radius 3 is 2.67 bits per heavy atom. The van der Waals surface area contributed by atoms with Gasteiger partial charge in [0.25, 0.3) is 0 Å². The van der Waals surface area contributed by atoms with Gasteiger partial charge < -0.3 is 14.7 Å². The van der Waals surface area contributed by atoms with Crippen LogP contribution in [0.2, 0.25) is 5.28 Å². The molecular weight excluding hydrogens is 300 g/mol. The summed E-state index contributed by atoms with van der Waals surface area (Å²) >= 11 is 5.79. The standard InChI is InChI=1S/C12H17ClN4O4/c1-8-9(17(19)20)10(15-11(13)14-8)16(2)7-12(18)3-5-21-6-4-12/h18H,3-7H2,1-2H3. The SMILES string of the molecule is Cc1nc(Cl)nc(N(C)CC2(O)CCOCC2)c1[N+](=O)[O-]. The molecule has 1 aliphatic heterocycles. The van der Waals surface area contributed by atoms with Crippen molar-refractivity contribution < 1.29 is 14.8 Å². The Labute approximate surface area is 126 Å².